The van der Waals surface area contributed by atoms with Crippen LogP contribution in [0.2, 0.25) is 0 Å². The molecule has 0 saturated heterocycles. The van der Waals surface area contributed by atoms with E-state index in [-0.39, 0.29) is 17.9 Å². The van der Waals surface area contributed by atoms with Gasteiger partial charge in [0.15, 0.2) is 5.11 Å². The van der Waals surface area contributed by atoms with Crippen molar-refractivity contribution in [2.24, 2.45) is 0 Å². The van der Waals surface area contributed by atoms with Crippen LogP contribution in [0, 0.1) is 12.3 Å². The molecular weight excluding hydrogens is 256 g/mol. The van der Waals surface area contributed by atoms with Crippen molar-refractivity contribution in [1.82, 2.24) is 10.6 Å². The van der Waals surface area contributed by atoms with Crippen LogP contribution in [0.5, 0.6) is 0 Å². The van der Waals surface area contributed by atoms with Crippen LogP contribution in [0.3, 0.4) is 0 Å². The summed E-state index contributed by atoms with van der Waals surface area (Å²) in [5.74, 6) is 2.39. The number of benzene rings is 1. The van der Waals surface area contributed by atoms with Gasteiger partial charge in [-0.25, -0.2) is 0 Å². The third-order valence-corrected chi connectivity index (χ3v) is 2.40. The monoisotopic (exact) mass is 274 g/mol. The second-order valence-corrected chi connectivity index (χ2v) is 5.68. The summed E-state index contributed by atoms with van der Waals surface area (Å²) in [7, 11) is 0. The molecule has 1 aromatic carbocycles. The lowest BCUT2D eigenvalue weighted by atomic mass is 10.1. The van der Waals surface area contributed by atoms with Crippen LogP contribution in [0.1, 0.15) is 31.9 Å². The SMILES string of the molecule is C#Cc1cccc(CC(=O)NC(=S)NC(C)(C)C)c1. The topological polar surface area (TPSA) is 41.1 Å². The molecule has 0 saturated carbocycles. The molecule has 0 aromatic heterocycles. The van der Waals surface area contributed by atoms with Gasteiger partial charge in [-0.3, -0.25) is 4.79 Å². The van der Waals surface area contributed by atoms with Crippen molar-refractivity contribution < 1.29 is 4.79 Å². The first-order valence-corrected chi connectivity index (χ1v) is 6.38. The van der Waals surface area contributed by atoms with E-state index in [1.54, 1.807) is 0 Å². The molecule has 1 amide bonds. The third-order valence-electron chi connectivity index (χ3n) is 2.20. The first kappa shape index (κ1) is 15.2. The average molecular weight is 274 g/mol. The number of carbonyl (C=O) groups is 1. The first-order valence-electron chi connectivity index (χ1n) is 5.98. The number of hydrogen-bond acceptors (Lipinski definition) is 2. The summed E-state index contributed by atoms with van der Waals surface area (Å²) in [6.45, 7) is 5.92. The van der Waals surface area contributed by atoms with Crippen molar-refractivity contribution >= 4 is 23.2 Å². The Balaban J connectivity index is 2.56. The van der Waals surface area contributed by atoms with Crippen molar-refractivity contribution in [1.29, 1.82) is 0 Å². The van der Waals surface area contributed by atoms with Gasteiger partial charge in [-0.05, 0) is 50.7 Å². The maximum absolute atomic E-state index is 11.8. The summed E-state index contributed by atoms with van der Waals surface area (Å²) in [5, 5.41) is 6.02. The highest BCUT2D eigenvalue weighted by Crippen LogP contribution is 2.05. The van der Waals surface area contributed by atoms with Crippen molar-refractivity contribution in [3.05, 3.63) is 35.4 Å². The van der Waals surface area contributed by atoms with E-state index in [1.165, 1.54) is 0 Å². The zero-order valence-electron chi connectivity index (χ0n) is 11.4. The largest absolute Gasteiger partial charge is 0.358 e. The number of amides is 1. The highest BCUT2D eigenvalue weighted by molar-refractivity contribution is 7.80. The van der Waals surface area contributed by atoms with Gasteiger partial charge in [0.05, 0.1) is 6.42 Å². The molecule has 0 bridgehead atoms. The van der Waals surface area contributed by atoms with Crippen LogP contribution < -0.4 is 10.6 Å². The number of hydrogen-bond donors (Lipinski definition) is 2. The second-order valence-electron chi connectivity index (χ2n) is 5.27. The van der Waals surface area contributed by atoms with Crippen molar-refractivity contribution in [3.63, 3.8) is 0 Å². The molecule has 0 atom stereocenters. The van der Waals surface area contributed by atoms with Crippen LogP contribution in [0.4, 0.5) is 0 Å². The van der Waals surface area contributed by atoms with Crippen molar-refractivity contribution in [2.45, 2.75) is 32.7 Å². The fourth-order valence-corrected chi connectivity index (χ4v) is 1.92. The minimum Gasteiger partial charge on any atom is -0.358 e. The van der Waals surface area contributed by atoms with E-state index in [0.29, 0.717) is 5.11 Å². The molecule has 3 nitrogen and oxygen atoms in total. The number of terminal acetylenes is 1. The summed E-state index contributed by atoms with van der Waals surface area (Å²) in [4.78, 5) is 11.8. The molecule has 0 unspecified atom stereocenters. The second kappa shape index (κ2) is 6.35. The molecule has 0 radical (unpaired) electrons. The Labute approximate surface area is 119 Å². The van der Waals surface area contributed by atoms with Crippen molar-refractivity contribution in [2.75, 3.05) is 0 Å². The van der Waals surface area contributed by atoms with E-state index in [9.17, 15) is 4.79 Å². The Bertz CT molecular complexity index is 524. The van der Waals surface area contributed by atoms with Crippen LogP contribution in [0.15, 0.2) is 24.3 Å². The fourth-order valence-electron chi connectivity index (χ4n) is 1.50. The highest BCUT2D eigenvalue weighted by atomic mass is 32.1. The van der Waals surface area contributed by atoms with Crippen LogP contribution >= 0.6 is 12.2 Å². The van der Waals surface area contributed by atoms with Gasteiger partial charge in [-0.1, -0.05) is 18.1 Å². The molecule has 0 aliphatic heterocycles. The predicted octanol–water partition coefficient (Wildman–Crippen LogP) is 2.00. The Kier molecular flexibility index (Phi) is 5.08. The van der Waals surface area contributed by atoms with Gasteiger partial charge in [0.25, 0.3) is 0 Å². The smallest absolute Gasteiger partial charge is 0.230 e. The summed E-state index contributed by atoms with van der Waals surface area (Å²) in [6.07, 6.45) is 5.57. The van der Waals surface area contributed by atoms with Gasteiger partial charge < -0.3 is 10.6 Å². The summed E-state index contributed by atoms with van der Waals surface area (Å²) >= 11 is 5.07. The average Bonchev–Trinajstić information content (AvgIpc) is 2.26. The van der Waals surface area contributed by atoms with Gasteiger partial charge in [-0.2, -0.15) is 0 Å². The molecular formula is C15H18N2OS. The van der Waals surface area contributed by atoms with Gasteiger partial charge >= 0.3 is 0 Å². The first-order chi connectivity index (χ1) is 8.80. The predicted molar refractivity (Wildman–Crippen MR) is 81.7 cm³/mol. The summed E-state index contributed by atoms with van der Waals surface area (Å²) in [6, 6.07) is 7.34. The Morgan fingerprint density at radius 2 is 2.11 bits per heavy atom. The number of carbonyl (C=O) groups excluding carboxylic acids is 1. The van der Waals surface area contributed by atoms with E-state index >= 15 is 0 Å². The Hall–Kier alpha value is -1.86. The van der Waals surface area contributed by atoms with E-state index in [1.807, 2.05) is 45.0 Å². The quantitative estimate of drug-likeness (QED) is 0.640. The molecule has 1 rings (SSSR count). The number of thiocarbonyl (C=S) groups is 1. The van der Waals surface area contributed by atoms with Crippen LogP contribution in [-0.4, -0.2) is 16.6 Å². The lowest BCUT2D eigenvalue weighted by Gasteiger charge is -2.22. The molecule has 2 N–H and O–H groups in total. The van der Waals surface area contributed by atoms with E-state index in [2.05, 4.69) is 16.6 Å². The summed E-state index contributed by atoms with van der Waals surface area (Å²) in [5.41, 5.74) is 1.46. The highest BCUT2D eigenvalue weighted by Gasteiger charge is 2.13. The molecule has 100 valence electrons. The molecule has 0 heterocycles. The Morgan fingerprint density at radius 3 is 2.68 bits per heavy atom. The van der Waals surface area contributed by atoms with Crippen molar-refractivity contribution in [3.8, 4) is 12.3 Å². The lowest BCUT2D eigenvalue weighted by Crippen LogP contribution is -2.48. The van der Waals surface area contributed by atoms with Crippen LogP contribution in [-0.2, 0) is 11.2 Å². The van der Waals surface area contributed by atoms with Gasteiger partial charge in [-0.15, -0.1) is 6.42 Å². The minimum absolute atomic E-state index is 0.157. The molecule has 0 fully saturated rings. The third kappa shape index (κ3) is 6.03. The Morgan fingerprint density at radius 1 is 1.42 bits per heavy atom. The van der Waals surface area contributed by atoms with E-state index in [4.69, 9.17) is 18.6 Å². The standard InChI is InChI=1S/C15H18N2OS/c1-5-11-7-6-8-12(9-11)10-13(18)16-14(19)17-15(2,3)4/h1,6-9H,10H2,2-4H3,(H2,16,17,18,19). The maximum Gasteiger partial charge on any atom is 0.230 e. The van der Waals surface area contributed by atoms with E-state index in [0.717, 1.165) is 11.1 Å². The van der Waals surface area contributed by atoms with Gasteiger partial charge in [0, 0.05) is 11.1 Å². The zero-order chi connectivity index (χ0) is 14.5. The number of nitrogens with one attached hydrogen (secondary N) is 2. The summed E-state index contributed by atoms with van der Waals surface area (Å²) < 4.78 is 0. The molecule has 19 heavy (non-hydrogen) atoms. The fraction of sp³-hybridized carbons (Fsp3) is 0.333. The molecule has 1 aromatic rings. The number of rotatable bonds is 2. The molecule has 4 heteroatoms. The lowest BCUT2D eigenvalue weighted by molar-refractivity contribution is -0.119. The van der Waals surface area contributed by atoms with Gasteiger partial charge in [0.2, 0.25) is 5.91 Å². The van der Waals surface area contributed by atoms with Gasteiger partial charge in [0.1, 0.15) is 0 Å². The minimum atomic E-state index is -0.173. The molecule has 0 aliphatic rings. The zero-order valence-corrected chi connectivity index (χ0v) is 12.2. The molecule has 0 spiro atoms. The maximum atomic E-state index is 11.8. The molecule has 0 aliphatic carbocycles. The normalized spacial score (nSPS) is 10.4. The van der Waals surface area contributed by atoms with E-state index < -0.39 is 0 Å². The van der Waals surface area contributed by atoms with Crippen LogP contribution in [0.25, 0.3) is 0 Å².